The van der Waals surface area contributed by atoms with E-state index in [0.717, 1.165) is 16.9 Å². The van der Waals surface area contributed by atoms with Crippen LogP contribution in [0.5, 0.6) is 0 Å². The van der Waals surface area contributed by atoms with E-state index in [1.54, 1.807) is 12.5 Å². The van der Waals surface area contributed by atoms with Crippen molar-refractivity contribution in [2.24, 2.45) is 12.8 Å². The van der Waals surface area contributed by atoms with Crippen molar-refractivity contribution < 1.29 is 0 Å². The van der Waals surface area contributed by atoms with Crippen LogP contribution in [0.25, 0.3) is 11.0 Å². The van der Waals surface area contributed by atoms with E-state index in [-0.39, 0.29) is 6.04 Å². The van der Waals surface area contributed by atoms with Gasteiger partial charge < -0.3 is 15.6 Å². The van der Waals surface area contributed by atoms with Crippen molar-refractivity contribution in [2.75, 3.05) is 11.9 Å². The predicted octanol–water partition coefficient (Wildman–Crippen LogP) is 0.727. The molecule has 0 amide bonds. The van der Waals surface area contributed by atoms with Crippen molar-refractivity contribution in [1.29, 1.82) is 0 Å². The highest BCUT2D eigenvalue weighted by Crippen LogP contribution is 2.17. The maximum atomic E-state index is 5.67. The third-order valence-corrected chi connectivity index (χ3v) is 2.23. The summed E-state index contributed by atoms with van der Waals surface area (Å²) in [6.07, 6.45) is 3.55. The summed E-state index contributed by atoms with van der Waals surface area (Å²) in [6, 6.07) is 2.05. The summed E-state index contributed by atoms with van der Waals surface area (Å²) in [5.41, 5.74) is 7.63. The Morgan fingerprint density at radius 2 is 2.33 bits per heavy atom. The summed E-state index contributed by atoms with van der Waals surface area (Å²) in [6.45, 7) is 2.65. The Kier molecular flexibility index (Phi) is 2.55. The zero-order valence-corrected chi connectivity index (χ0v) is 8.94. The standard InChI is InChI=1S/C10H15N5/c1-7(11)5-13-10-9-8(3-4-12-10)15(2)6-14-9/h3-4,6-7H,5,11H2,1-2H3,(H,12,13). The lowest BCUT2D eigenvalue weighted by Crippen LogP contribution is -2.25. The second-order valence-electron chi connectivity index (χ2n) is 3.74. The van der Waals surface area contributed by atoms with Crippen LogP contribution in [0.15, 0.2) is 18.6 Å². The topological polar surface area (TPSA) is 68.8 Å². The molecule has 0 radical (unpaired) electrons. The van der Waals surface area contributed by atoms with Gasteiger partial charge in [-0.1, -0.05) is 0 Å². The number of pyridine rings is 1. The molecular weight excluding hydrogens is 190 g/mol. The van der Waals surface area contributed by atoms with Gasteiger partial charge in [0.15, 0.2) is 5.82 Å². The van der Waals surface area contributed by atoms with E-state index in [0.29, 0.717) is 6.54 Å². The fraction of sp³-hybridized carbons (Fsp3) is 0.400. The van der Waals surface area contributed by atoms with Crippen LogP contribution >= 0.6 is 0 Å². The lowest BCUT2D eigenvalue weighted by atomic mass is 10.3. The third kappa shape index (κ3) is 1.92. The first-order valence-corrected chi connectivity index (χ1v) is 4.94. The fourth-order valence-electron chi connectivity index (χ4n) is 1.45. The van der Waals surface area contributed by atoms with Gasteiger partial charge in [-0.15, -0.1) is 0 Å². The predicted molar refractivity (Wildman–Crippen MR) is 60.6 cm³/mol. The Morgan fingerprint density at radius 1 is 1.53 bits per heavy atom. The molecule has 0 fully saturated rings. The molecule has 2 aromatic rings. The van der Waals surface area contributed by atoms with Gasteiger partial charge >= 0.3 is 0 Å². The number of anilines is 1. The van der Waals surface area contributed by atoms with Crippen LogP contribution in [0.1, 0.15) is 6.92 Å². The number of rotatable bonds is 3. The van der Waals surface area contributed by atoms with Gasteiger partial charge in [0.05, 0.1) is 11.8 Å². The number of aryl methyl sites for hydroxylation is 1. The summed E-state index contributed by atoms with van der Waals surface area (Å²) in [7, 11) is 1.96. The Labute approximate surface area is 88.3 Å². The number of nitrogens with zero attached hydrogens (tertiary/aromatic N) is 3. The van der Waals surface area contributed by atoms with Crippen molar-refractivity contribution >= 4 is 16.9 Å². The number of aromatic nitrogens is 3. The number of fused-ring (bicyclic) bond motifs is 1. The Morgan fingerprint density at radius 3 is 3.07 bits per heavy atom. The van der Waals surface area contributed by atoms with Gasteiger partial charge in [0.25, 0.3) is 0 Å². The van der Waals surface area contributed by atoms with Gasteiger partial charge in [-0.3, -0.25) is 0 Å². The summed E-state index contributed by atoms with van der Waals surface area (Å²) in [5, 5.41) is 3.19. The molecule has 0 saturated heterocycles. The largest absolute Gasteiger partial charge is 0.367 e. The molecule has 2 aromatic heterocycles. The number of nitrogens with two attached hydrogens (primary N) is 1. The highest BCUT2D eigenvalue weighted by atomic mass is 15.1. The van der Waals surface area contributed by atoms with Crippen LogP contribution in [0.3, 0.4) is 0 Å². The van der Waals surface area contributed by atoms with Crippen molar-refractivity contribution in [1.82, 2.24) is 14.5 Å². The molecular formula is C10H15N5. The monoisotopic (exact) mass is 205 g/mol. The van der Waals surface area contributed by atoms with Crippen molar-refractivity contribution in [3.63, 3.8) is 0 Å². The molecule has 5 heteroatoms. The Balaban J connectivity index is 2.34. The van der Waals surface area contributed by atoms with Gasteiger partial charge in [-0.25, -0.2) is 9.97 Å². The molecule has 0 spiro atoms. The molecule has 0 saturated carbocycles. The van der Waals surface area contributed by atoms with Crippen molar-refractivity contribution in [3.8, 4) is 0 Å². The first-order chi connectivity index (χ1) is 7.18. The van der Waals surface area contributed by atoms with E-state index in [1.807, 2.05) is 24.6 Å². The smallest absolute Gasteiger partial charge is 0.154 e. The second kappa shape index (κ2) is 3.86. The summed E-state index contributed by atoms with van der Waals surface area (Å²) < 4.78 is 1.97. The molecule has 3 N–H and O–H groups in total. The quantitative estimate of drug-likeness (QED) is 0.775. The highest BCUT2D eigenvalue weighted by Gasteiger charge is 2.06. The maximum Gasteiger partial charge on any atom is 0.154 e. The molecule has 1 unspecified atom stereocenters. The zero-order valence-electron chi connectivity index (χ0n) is 8.94. The molecule has 15 heavy (non-hydrogen) atoms. The first kappa shape index (κ1) is 9.92. The number of hydrogen-bond donors (Lipinski definition) is 2. The molecule has 80 valence electrons. The minimum atomic E-state index is 0.103. The molecule has 1 atom stereocenters. The van der Waals surface area contributed by atoms with Crippen LogP contribution in [0, 0.1) is 0 Å². The van der Waals surface area contributed by atoms with Crippen molar-refractivity contribution in [3.05, 3.63) is 18.6 Å². The van der Waals surface area contributed by atoms with Gasteiger partial charge in [-0.05, 0) is 13.0 Å². The minimum absolute atomic E-state index is 0.103. The van der Waals surface area contributed by atoms with Crippen LogP contribution in [-0.4, -0.2) is 27.1 Å². The lowest BCUT2D eigenvalue weighted by Gasteiger charge is -2.08. The summed E-state index contributed by atoms with van der Waals surface area (Å²) in [4.78, 5) is 8.54. The van der Waals surface area contributed by atoms with Crippen LogP contribution in [0.2, 0.25) is 0 Å². The highest BCUT2D eigenvalue weighted by molar-refractivity contribution is 5.85. The molecule has 2 heterocycles. The Bertz CT molecular complexity index is 460. The van der Waals surface area contributed by atoms with E-state index < -0.39 is 0 Å². The molecule has 0 aliphatic rings. The summed E-state index contributed by atoms with van der Waals surface area (Å²) >= 11 is 0. The second-order valence-corrected chi connectivity index (χ2v) is 3.74. The van der Waals surface area contributed by atoms with E-state index in [9.17, 15) is 0 Å². The molecule has 5 nitrogen and oxygen atoms in total. The van der Waals surface area contributed by atoms with Gasteiger partial charge in [0.2, 0.25) is 0 Å². The van der Waals surface area contributed by atoms with E-state index in [4.69, 9.17) is 5.73 Å². The molecule has 0 aliphatic carbocycles. The number of imidazole rings is 1. The lowest BCUT2D eigenvalue weighted by molar-refractivity contribution is 0.778. The molecule has 0 bridgehead atoms. The van der Waals surface area contributed by atoms with E-state index >= 15 is 0 Å². The number of nitrogens with one attached hydrogen (secondary N) is 1. The summed E-state index contributed by atoms with van der Waals surface area (Å²) in [5.74, 6) is 0.797. The zero-order chi connectivity index (χ0) is 10.8. The Hall–Kier alpha value is -1.62. The molecule has 0 aliphatic heterocycles. The normalized spacial score (nSPS) is 13.0. The van der Waals surface area contributed by atoms with E-state index in [2.05, 4.69) is 15.3 Å². The third-order valence-electron chi connectivity index (χ3n) is 2.23. The number of hydrogen-bond acceptors (Lipinski definition) is 4. The maximum absolute atomic E-state index is 5.67. The van der Waals surface area contributed by atoms with E-state index in [1.165, 1.54) is 0 Å². The average molecular weight is 205 g/mol. The van der Waals surface area contributed by atoms with Crippen molar-refractivity contribution in [2.45, 2.75) is 13.0 Å². The fourth-order valence-corrected chi connectivity index (χ4v) is 1.45. The molecule has 2 rings (SSSR count). The SMILES string of the molecule is CC(N)CNc1nccc2c1ncn2C. The van der Waals surface area contributed by atoms with Gasteiger partial charge in [-0.2, -0.15) is 0 Å². The average Bonchev–Trinajstić information content (AvgIpc) is 2.58. The van der Waals surface area contributed by atoms with Crippen LogP contribution in [0.4, 0.5) is 5.82 Å². The minimum Gasteiger partial charge on any atom is -0.367 e. The first-order valence-electron chi connectivity index (χ1n) is 4.94. The van der Waals surface area contributed by atoms with Gasteiger partial charge in [0.1, 0.15) is 5.52 Å². The van der Waals surface area contributed by atoms with Crippen LogP contribution in [-0.2, 0) is 7.05 Å². The van der Waals surface area contributed by atoms with Crippen LogP contribution < -0.4 is 11.1 Å². The van der Waals surface area contributed by atoms with Gasteiger partial charge in [0, 0.05) is 25.8 Å². The molecule has 0 aromatic carbocycles.